The number of para-hydroxylation sites is 1. The monoisotopic (exact) mass is 480 g/mol. The molecule has 0 aliphatic carbocycles. The molecule has 0 saturated heterocycles. The van der Waals surface area contributed by atoms with Gasteiger partial charge >= 0.3 is 0 Å². The minimum absolute atomic E-state index is 0.442. The van der Waals surface area contributed by atoms with Gasteiger partial charge in [0.05, 0.1) is 23.6 Å². The normalized spacial score (nSPS) is 11.7. The lowest BCUT2D eigenvalue weighted by atomic mass is 10.2. The Balaban J connectivity index is 1.77. The van der Waals surface area contributed by atoms with Gasteiger partial charge in [0.25, 0.3) is 0 Å². The third-order valence-electron chi connectivity index (χ3n) is 4.79. The third kappa shape index (κ3) is 5.13. The Morgan fingerprint density at radius 3 is 2.39 bits per heavy atom. The van der Waals surface area contributed by atoms with E-state index in [1.54, 1.807) is 32.2 Å². The number of hydrogen-bond acceptors (Lipinski definition) is 6. The molecular weight excluding hydrogens is 460 g/mol. The molecule has 1 amide bonds. The Morgan fingerprint density at radius 1 is 1.03 bits per heavy atom. The number of carbonyl (C=O) groups is 1. The number of hydrogen-bond donors (Lipinski definition) is 1. The molecule has 33 heavy (non-hydrogen) atoms. The van der Waals surface area contributed by atoms with E-state index in [4.69, 9.17) is 26.8 Å². The van der Waals surface area contributed by atoms with Crippen LogP contribution in [0.3, 0.4) is 0 Å². The topological polar surface area (TPSA) is 92.3 Å². The maximum Gasteiger partial charge on any atom is 0.230 e. The number of thioether (sulfide) groups is 1. The quantitative estimate of drug-likeness (QED) is 0.341. The van der Waals surface area contributed by atoms with Crippen molar-refractivity contribution >= 4 is 29.3 Å². The van der Waals surface area contributed by atoms with E-state index in [2.05, 4.69) is 10.2 Å². The lowest BCUT2D eigenvalue weighted by Gasteiger charge is -2.14. The van der Waals surface area contributed by atoms with Crippen molar-refractivity contribution in [1.29, 1.82) is 0 Å². The molecule has 7 nitrogen and oxygen atoms in total. The predicted octanol–water partition coefficient (Wildman–Crippen LogP) is 5.35. The lowest BCUT2D eigenvalue weighted by molar-refractivity contribution is -0.117. The molecule has 1 heterocycles. The molecule has 168 valence electrons. The summed E-state index contributed by atoms with van der Waals surface area (Å²) < 4.78 is 13.3. The zero-order chi connectivity index (χ0) is 23.4. The van der Waals surface area contributed by atoms with E-state index in [9.17, 15) is 4.79 Å². The second-order valence-corrected chi connectivity index (χ2v) is 8.80. The van der Waals surface area contributed by atoms with Crippen LogP contribution < -0.4 is 15.2 Å². The Hall–Kier alpha value is -3.49. The smallest absolute Gasteiger partial charge is 0.230 e. The van der Waals surface area contributed by atoms with Gasteiger partial charge < -0.3 is 15.2 Å². The molecule has 0 saturated carbocycles. The number of ether oxygens (including phenoxy) is 2. The summed E-state index contributed by atoms with van der Waals surface area (Å²) in [5, 5.41) is 9.26. The first kappa shape index (κ1) is 22.7. The average Bonchev–Trinajstić information content (AvgIpc) is 3.23. The van der Waals surface area contributed by atoms with Gasteiger partial charge in [0.2, 0.25) is 5.91 Å². The van der Waals surface area contributed by atoms with Crippen LogP contribution in [0.15, 0.2) is 78.0 Å². The Kier molecular flexibility index (Phi) is 6.86. The number of nitrogens with zero attached hydrogens (tertiary/aromatic N) is 3. The molecule has 2 N–H and O–H groups in total. The van der Waals surface area contributed by atoms with E-state index in [0.717, 1.165) is 11.4 Å². The molecule has 3 aromatic carbocycles. The summed E-state index contributed by atoms with van der Waals surface area (Å²) in [4.78, 5) is 11.7. The zero-order valence-electron chi connectivity index (χ0n) is 17.9. The van der Waals surface area contributed by atoms with Crippen LogP contribution >= 0.6 is 23.4 Å². The van der Waals surface area contributed by atoms with Gasteiger partial charge in [-0.1, -0.05) is 41.6 Å². The second kappa shape index (κ2) is 9.97. The van der Waals surface area contributed by atoms with E-state index in [-0.39, 0.29) is 0 Å². The number of rotatable bonds is 8. The summed E-state index contributed by atoms with van der Waals surface area (Å²) in [6.07, 6.45) is 0. The van der Waals surface area contributed by atoms with Crippen LogP contribution in [-0.2, 0) is 4.79 Å². The molecule has 0 bridgehead atoms. The first-order valence-electron chi connectivity index (χ1n) is 10.0. The molecule has 0 aliphatic rings. The molecule has 1 atom stereocenters. The summed E-state index contributed by atoms with van der Waals surface area (Å²) in [5.74, 6) is 2.09. The van der Waals surface area contributed by atoms with E-state index in [0.29, 0.717) is 33.1 Å². The van der Waals surface area contributed by atoms with Gasteiger partial charge in [-0.05, 0) is 61.5 Å². The standard InChI is InChI=1S/C24H21ClN4O3S/c1-15(22(26)30)33-24-28-27-23(20-14-16(25)8-13-21(20)31-2)29(24)17-9-11-19(12-10-17)32-18-6-4-3-5-7-18/h3-15H,1-2H3,(H2,26,30)/t15-/m1/s1. The van der Waals surface area contributed by atoms with Crippen LogP contribution in [0.5, 0.6) is 17.2 Å². The van der Waals surface area contributed by atoms with Crippen molar-refractivity contribution in [3.8, 4) is 34.3 Å². The van der Waals surface area contributed by atoms with Crippen molar-refractivity contribution in [2.75, 3.05) is 7.11 Å². The third-order valence-corrected chi connectivity index (χ3v) is 6.09. The van der Waals surface area contributed by atoms with Gasteiger partial charge in [0, 0.05) is 5.02 Å². The number of amides is 1. The summed E-state index contributed by atoms with van der Waals surface area (Å²) in [6.45, 7) is 1.72. The Morgan fingerprint density at radius 2 is 1.73 bits per heavy atom. The van der Waals surface area contributed by atoms with Gasteiger partial charge in [-0.2, -0.15) is 0 Å². The van der Waals surface area contributed by atoms with Crippen LogP contribution in [0.4, 0.5) is 0 Å². The molecule has 4 aromatic rings. The number of carbonyl (C=O) groups excluding carboxylic acids is 1. The lowest BCUT2D eigenvalue weighted by Crippen LogP contribution is -2.23. The van der Waals surface area contributed by atoms with Gasteiger partial charge in [0.1, 0.15) is 17.2 Å². The fourth-order valence-electron chi connectivity index (χ4n) is 3.11. The van der Waals surface area contributed by atoms with Gasteiger partial charge in [-0.3, -0.25) is 9.36 Å². The Bertz CT molecular complexity index is 1260. The van der Waals surface area contributed by atoms with Crippen molar-refractivity contribution in [2.24, 2.45) is 5.73 Å². The number of halogens is 1. The predicted molar refractivity (Wildman–Crippen MR) is 129 cm³/mol. The van der Waals surface area contributed by atoms with E-state index >= 15 is 0 Å². The largest absolute Gasteiger partial charge is 0.496 e. The minimum atomic E-state index is -0.497. The summed E-state index contributed by atoms with van der Waals surface area (Å²) in [6, 6.07) is 22.3. The molecule has 0 spiro atoms. The molecule has 0 radical (unpaired) electrons. The average molecular weight is 481 g/mol. The van der Waals surface area contributed by atoms with Crippen molar-refractivity contribution < 1.29 is 14.3 Å². The van der Waals surface area contributed by atoms with Crippen molar-refractivity contribution in [3.05, 3.63) is 77.8 Å². The number of methoxy groups -OCH3 is 1. The maximum atomic E-state index is 11.7. The van der Waals surface area contributed by atoms with E-state index in [1.165, 1.54) is 11.8 Å². The second-order valence-electron chi connectivity index (χ2n) is 7.06. The van der Waals surface area contributed by atoms with Crippen molar-refractivity contribution in [2.45, 2.75) is 17.3 Å². The fraction of sp³-hybridized carbons (Fsp3) is 0.125. The molecule has 0 unspecified atom stereocenters. The van der Waals surface area contributed by atoms with E-state index in [1.807, 2.05) is 59.2 Å². The summed E-state index contributed by atoms with van der Waals surface area (Å²) in [7, 11) is 1.58. The molecule has 4 rings (SSSR count). The summed E-state index contributed by atoms with van der Waals surface area (Å²) >= 11 is 7.48. The molecule has 9 heteroatoms. The zero-order valence-corrected chi connectivity index (χ0v) is 19.5. The Labute approximate surface area is 200 Å². The van der Waals surface area contributed by atoms with Gasteiger partial charge in [-0.25, -0.2) is 0 Å². The highest BCUT2D eigenvalue weighted by Crippen LogP contribution is 2.36. The highest BCUT2D eigenvalue weighted by molar-refractivity contribution is 8.00. The highest BCUT2D eigenvalue weighted by atomic mass is 35.5. The molecule has 1 aromatic heterocycles. The number of primary amides is 1. The highest BCUT2D eigenvalue weighted by Gasteiger charge is 2.22. The summed E-state index contributed by atoms with van der Waals surface area (Å²) in [5.41, 5.74) is 6.92. The number of benzene rings is 3. The van der Waals surface area contributed by atoms with Crippen LogP contribution in [0.2, 0.25) is 5.02 Å². The van der Waals surface area contributed by atoms with Crippen molar-refractivity contribution in [3.63, 3.8) is 0 Å². The van der Waals surface area contributed by atoms with Crippen LogP contribution in [-0.4, -0.2) is 33.0 Å². The SMILES string of the molecule is COc1ccc(Cl)cc1-c1nnc(S[C@H](C)C(N)=O)n1-c1ccc(Oc2ccccc2)cc1. The minimum Gasteiger partial charge on any atom is -0.496 e. The van der Waals surface area contributed by atoms with Gasteiger partial charge in [0.15, 0.2) is 11.0 Å². The van der Waals surface area contributed by atoms with Crippen LogP contribution in [0.1, 0.15) is 6.92 Å². The molecule has 0 fully saturated rings. The first-order chi connectivity index (χ1) is 16.0. The van der Waals surface area contributed by atoms with Gasteiger partial charge in [-0.15, -0.1) is 10.2 Å². The van der Waals surface area contributed by atoms with Crippen LogP contribution in [0.25, 0.3) is 17.1 Å². The number of aromatic nitrogens is 3. The molecular formula is C24H21ClN4O3S. The maximum absolute atomic E-state index is 11.7. The van der Waals surface area contributed by atoms with Crippen LogP contribution in [0, 0.1) is 0 Å². The van der Waals surface area contributed by atoms with E-state index < -0.39 is 11.2 Å². The first-order valence-corrected chi connectivity index (χ1v) is 11.3. The van der Waals surface area contributed by atoms with Crippen molar-refractivity contribution in [1.82, 2.24) is 14.8 Å². The number of nitrogens with two attached hydrogens (primary N) is 1. The fourth-order valence-corrected chi connectivity index (χ4v) is 4.10. The molecule has 0 aliphatic heterocycles.